The molecule has 0 aliphatic heterocycles. The number of nitrogens with zero attached hydrogens (tertiary/aromatic N) is 2. The number of hydrogen-bond donors (Lipinski definition) is 2. The van der Waals surface area contributed by atoms with E-state index in [1.165, 1.54) is 11.9 Å². The molecule has 1 rings (SSSR count). The van der Waals surface area contributed by atoms with Crippen molar-refractivity contribution >= 4 is 23.3 Å². The summed E-state index contributed by atoms with van der Waals surface area (Å²) in [7, 11) is 1.51. The van der Waals surface area contributed by atoms with E-state index < -0.39 is 5.97 Å². The largest absolute Gasteiger partial charge is 0.476 e. The topological polar surface area (TPSA) is 64.7 Å². The summed E-state index contributed by atoms with van der Waals surface area (Å²) in [5.74, 6) is -0.960. The van der Waals surface area contributed by atoms with Crippen molar-refractivity contribution < 1.29 is 14.7 Å². The molecule has 0 atom stereocenters. The monoisotopic (exact) mass is 242 g/mol. The van der Waals surface area contributed by atoms with Crippen molar-refractivity contribution in [3.8, 4) is 0 Å². The number of hydrazine groups is 1. The maximum atomic E-state index is 10.5. The zero-order valence-corrected chi connectivity index (χ0v) is 9.82. The number of anilines is 1. The summed E-state index contributed by atoms with van der Waals surface area (Å²) in [4.78, 5) is 11.8. The van der Waals surface area contributed by atoms with E-state index in [0.29, 0.717) is 5.02 Å². The first kappa shape index (κ1) is 12.4. The summed E-state index contributed by atoms with van der Waals surface area (Å²) in [6.45, 7) is 1.68. The molecule has 16 heavy (non-hydrogen) atoms. The second kappa shape index (κ2) is 5.46. The molecule has 0 bridgehead atoms. The van der Waals surface area contributed by atoms with Crippen LogP contribution in [0, 0.1) is 6.92 Å². The van der Waals surface area contributed by atoms with Crippen molar-refractivity contribution in [1.29, 1.82) is 0 Å². The van der Waals surface area contributed by atoms with Gasteiger partial charge < -0.3 is 5.11 Å². The molecule has 0 aromatic heterocycles. The van der Waals surface area contributed by atoms with Gasteiger partial charge in [-0.3, -0.25) is 0 Å². The number of aryl methyl sites for hydroxylation is 1. The Labute approximate surface area is 98.3 Å². The quantitative estimate of drug-likeness (QED) is 0.483. The van der Waals surface area contributed by atoms with E-state index >= 15 is 0 Å². The van der Waals surface area contributed by atoms with Crippen molar-refractivity contribution in [2.45, 2.75) is 6.92 Å². The van der Waals surface area contributed by atoms with Gasteiger partial charge in [-0.2, -0.15) is 0 Å². The molecular weight excluding hydrogens is 230 g/mol. The fourth-order valence-corrected chi connectivity index (χ4v) is 1.31. The molecule has 0 aliphatic carbocycles. The number of carboxylic acids is 1. The molecule has 0 radical (unpaired) electrons. The molecule has 0 spiro atoms. The average molecular weight is 243 g/mol. The standard InChI is InChI=1S/C10H12ClN3O2/c1-7-3-4-8(11)5-9(7)13-14(12-2)6-10(15)16/h3-5H,6H2,1-2H3,(H-,12,13,15,16)/p+1. The Hall–Kier alpha value is -1.62. The highest BCUT2D eigenvalue weighted by Gasteiger charge is 2.13. The first-order chi connectivity index (χ1) is 7.52. The highest BCUT2D eigenvalue weighted by atomic mass is 35.5. The molecule has 2 N–H and O–H groups in total. The van der Waals surface area contributed by atoms with Crippen molar-refractivity contribution in [2.24, 2.45) is 5.11 Å². The molecule has 1 aromatic carbocycles. The number of rotatable bonds is 4. The lowest BCUT2D eigenvalue weighted by Crippen LogP contribution is -2.24. The molecule has 5 nitrogen and oxygen atoms in total. The molecule has 0 aliphatic rings. The van der Waals surface area contributed by atoms with Crippen LogP contribution in [0.4, 0.5) is 5.69 Å². The summed E-state index contributed by atoms with van der Waals surface area (Å²) in [6, 6.07) is 5.34. The molecule has 0 fully saturated rings. The van der Waals surface area contributed by atoms with Crippen molar-refractivity contribution in [3.63, 3.8) is 0 Å². The normalized spacial score (nSPS) is 11.3. The number of halogens is 1. The molecule has 86 valence electrons. The minimum atomic E-state index is -0.960. The van der Waals surface area contributed by atoms with Crippen LogP contribution in [-0.2, 0) is 4.79 Å². The summed E-state index contributed by atoms with van der Waals surface area (Å²) in [6.07, 6.45) is 0. The van der Waals surface area contributed by atoms with Crippen LogP contribution in [0.3, 0.4) is 0 Å². The van der Waals surface area contributed by atoms with E-state index in [-0.39, 0.29) is 6.54 Å². The van der Waals surface area contributed by atoms with Crippen LogP contribution in [0.25, 0.3) is 0 Å². The molecule has 0 heterocycles. The lowest BCUT2D eigenvalue weighted by molar-refractivity contribution is -0.554. The SMILES string of the molecule is CN=[N+](CC(=O)O)Nc1cc(Cl)ccc1C. The van der Waals surface area contributed by atoms with Crippen LogP contribution in [-0.4, -0.2) is 29.5 Å². The number of benzene rings is 1. The zero-order valence-electron chi connectivity index (χ0n) is 9.07. The Balaban J connectivity index is 2.86. The van der Waals surface area contributed by atoms with E-state index in [1.807, 2.05) is 13.0 Å². The van der Waals surface area contributed by atoms with Crippen LogP contribution >= 0.6 is 11.6 Å². The molecular formula is C10H13ClN3O2+. The molecule has 0 saturated carbocycles. The van der Waals surface area contributed by atoms with E-state index in [9.17, 15) is 4.79 Å². The van der Waals surface area contributed by atoms with E-state index in [0.717, 1.165) is 11.3 Å². The molecule has 6 heteroatoms. The van der Waals surface area contributed by atoms with E-state index in [1.54, 1.807) is 12.1 Å². The third-order valence-electron chi connectivity index (χ3n) is 1.98. The number of carboxylic acid groups (broad SMARTS) is 1. The Bertz CT molecular complexity index is 432. The van der Waals surface area contributed by atoms with Crippen molar-refractivity contribution in [2.75, 3.05) is 19.0 Å². The molecule has 0 saturated heterocycles. The van der Waals surface area contributed by atoms with Gasteiger partial charge in [0.25, 0.3) is 6.54 Å². The van der Waals surface area contributed by atoms with Gasteiger partial charge in [-0.25, -0.2) is 4.79 Å². The van der Waals surface area contributed by atoms with E-state index in [2.05, 4.69) is 10.5 Å². The lowest BCUT2D eigenvalue weighted by Gasteiger charge is -2.04. The Morgan fingerprint density at radius 1 is 1.62 bits per heavy atom. The Kier molecular flexibility index (Phi) is 4.25. The second-order valence-electron chi connectivity index (χ2n) is 3.22. The first-order valence-electron chi connectivity index (χ1n) is 4.65. The maximum Gasteiger partial charge on any atom is 0.375 e. The Morgan fingerprint density at radius 3 is 2.88 bits per heavy atom. The maximum absolute atomic E-state index is 10.5. The van der Waals surface area contributed by atoms with Gasteiger partial charge in [-0.15, -0.1) is 5.43 Å². The lowest BCUT2D eigenvalue weighted by atomic mass is 10.2. The summed E-state index contributed by atoms with van der Waals surface area (Å²) in [5, 5.41) is 13.0. The average Bonchev–Trinajstić information content (AvgIpc) is 2.21. The summed E-state index contributed by atoms with van der Waals surface area (Å²) in [5.41, 5.74) is 4.57. The highest BCUT2D eigenvalue weighted by Crippen LogP contribution is 2.19. The van der Waals surface area contributed by atoms with Crippen LogP contribution in [0.5, 0.6) is 0 Å². The molecule has 1 aromatic rings. The van der Waals surface area contributed by atoms with Crippen molar-refractivity contribution in [3.05, 3.63) is 28.8 Å². The van der Waals surface area contributed by atoms with Crippen LogP contribution in [0.2, 0.25) is 5.02 Å². The van der Waals surface area contributed by atoms with Crippen LogP contribution < -0.4 is 5.43 Å². The van der Waals surface area contributed by atoms with E-state index in [4.69, 9.17) is 16.7 Å². The number of carbonyl (C=O) groups is 1. The smallest absolute Gasteiger partial charge is 0.375 e. The Morgan fingerprint density at radius 2 is 2.31 bits per heavy atom. The number of hydrogen-bond acceptors (Lipinski definition) is 2. The van der Waals surface area contributed by atoms with Gasteiger partial charge in [-0.05, 0) is 29.7 Å². The van der Waals surface area contributed by atoms with Gasteiger partial charge in [0.15, 0.2) is 0 Å². The zero-order chi connectivity index (χ0) is 12.1. The third kappa shape index (κ3) is 3.51. The van der Waals surface area contributed by atoms with Gasteiger partial charge in [0, 0.05) is 9.83 Å². The number of azo groups is 1. The number of aliphatic carboxylic acids is 1. The van der Waals surface area contributed by atoms with Crippen LogP contribution in [0.1, 0.15) is 5.56 Å². The van der Waals surface area contributed by atoms with Gasteiger partial charge in [0.1, 0.15) is 5.69 Å². The molecule has 0 unspecified atom stereocenters. The summed E-state index contributed by atoms with van der Waals surface area (Å²) < 4.78 is 0. The predicted molar refractivity (Wildman–Crippen MR) is 60.9 cm³/mol. The fourth-order valence-electron chi connectivity index (χ4n) is 1.14. The van der Waals surface area contributed by atoms with Gasteiger partial charge in [-0.1, -0.05) is 17.7 Å². The minimum Gasteiger partial charge on any atom is -0.476 e. The van der Waals surface area contributed by atoms with Gasteiger partial charge in [0.05, 0.1) is 7.05 Å². The third-order valence-corrected chi connectivity index (χ3v) is 2.21. The molecule has 0 amide bonds. The number of nitrogens with one attached hydrogen (secondary N) is 1. The van der Waals surface area contributed by atoms with Crippen LogP contribution in [0.15, 0.2) is 23.3 Å². The van der Waals surface area contributed by atoms with Gasteiger partial charge in [0.2, 0.25) is 0 Å². The highest BCUT2D eigenvalue weighted by molar-refractivity contribution is 6.30. The first-order valence-corrected chi connectivity index (χ1v) is 5.02. The van der Waals surface area contributed by atoms with Crippen molar-refractivity contribution in [1.82, 2.24) is 0 Å². The minimum absolute atomic E-state index is 0.220. The predicted octanol–water partition coefficient (Wildman–Crippen LogP) is 2.15. The fraction of sp³-hybridized carbons (Fsp3) is 0.300. The van der Waals surface area contributed by atoms with Gasteiger partial charge >= 0.3 is 5.97 Å². The second-order valence-corrected chi connectivity index (χ2v) is 3.66. The summed E-state index contributed by atoms with van der Waals surface area (Å²) >= 11 is 5.84.